The summed E-state index contributed by atoms with van der Waals surface area (Å²) in [5.41, 5.74) is 1.43. The molecule has 3 aromatic rings. The highest BCUT2D eigenvalue weighted by Gasteiger charge is 2.29. The molecule has 1 amide bonds. The van der Waals surface area contributed by atoms with Crippen molar-refractivity contribution in [1.82, 2.24) is 9.88 Å². The largest absolute Gasteiger partial charge is 0.447 e. The van der Waals surface area contributed by atoms with Crippen LogP contribution < -0.4 is 5.32 Å². The molecule has 1 N–H and O–H groups in total. The molecule has 29 heavy (non-hydrogen) atoms. The van der Waals surface area contributed by atoms with Gasteiger partial charge in [0, 0.05) is 34.6 Å². The molecule has 1 aromatic carbocycles. The monoisotopic (exact) mass is 408 g/mol. The number of hydrogen-bond acceptors (Lipinski definition) is 6. The van der Waals surface area contributed by atoms with Crippen LogP contribution in [0.15, 0.2) is 29.6 Å². The molecule has 1 atom stereocenters. The molecule has 1 aliphatic heterocycles. The molecule has 150 valence electrons. The molecule has 0 saturated carbocycles. The Morgan fingerprint density at radius 1 is 1.41 bits per heavy atom. The third kappa shape index (κ3) is 3.99. The number of hydrogen-bond donors (Lipinski definition) is 1. The van der Waals surface area contributed by atoms with Gasteiger partial charge in [0.05, 0.1) is 23.3 Å². The zero-order chi connectivity index (χ0) is 20.4. The van der Waals surface area contributed by atoms with Crippen LogP contribution in [0.4, 0.5) is 10.6 Å². The molecule has 0 spiro atoms. The van der Waals surface area contributed by atoms with E-state index >= 15 is 0 Å². The molecule has 0 radical (unpaired) electrons. The van der Waals surface area contributed by atoms with E-state index in [1.807, 2.05) is 36.9 Å². The van der Waals surface area contributed by atoms with Gasteiger partial charge in [-0.15, -0.1) is 11.3 Å². The van der Waals surface area contributed by atoms with Gasteiger partial charge in [0.1, 0.15) is 5.82 Å². The second kappa shape index (κ2) is 8.26. The van der Waals surface area contributed by atoms with E-state index in [-0.39, 0.29) is 18.2 Å². The summed E-state index contributed by atoms with van der Waals surface area (Å²) in [5.74, 6) is 0.832. The number of ether oxygens (including phenoxy) is 1. The van der Waals surface area contributed by atoms with Crippen LogP contribution in [0.1, 0.15) is 38.7 Å². The fraction of sp³-hybridized carbons (Fsp3) is 0.409. The summed E-state index contributed by atoms with van der Waals surface area (Å²) in [6, 6.07) is 10.1. The zero-order valence-corrected chi connectivity index (χ0v) is 17.5. The van der Waals surface area contributed by atoms with Gasteiger partial charge in [-0.1, -0.05) is 6.07 Å². The number of nitrogens with zero attached hydrogens (tertiary/aromatic N) is 3. The zero-order valence-electron chi connectivity index (χ0n) is 16.6. The number of likely N-dealkylation sites (tertiary alicyclic amines) is 1. The average Bonchev–Trinajstić information content (AvgIpc) is 3.36. The summed E-state index contributed by atoms with van der Waals surface area (Å²) < 4.78 is 6.55. The smallest absolute Gasteiger partial charge is 0.410 e. The normalized spacial score (nSPS) is 16.5. The first-order valence-electron chi connectivity index (χ1n) is 9.99. The Morgan fingerprint density at radius 2 is 2.28 bits per heavy atom. The molecule has 0 aliphatic carbocycles. The average molecular weight is 409 g/mol. The summed E-state index contributed by atoms with van der Waals surface area (Å²) >= 11 is 1.68. The van der Waals surface area contributed by atoms with E-state index < -0.39 is 0 Å². The number of fused-ring (bicyclic) bond motifs is 3. The topological polar surface area (TPSA) is 78.2 Å². The highest BCUT2D eigenvalue weighted by Crippen LogP contribution is 2.34. The molecule has 3 heterocycles. The Labute approximate surface area is 174 Å². The van der Waals surface area contributed by atoms with Gasteiger partial charge in [-0.3, -0.25) is 0 Å². The Hall–Kier alpha value is -2.85. The number of thiophene rings is 1. The van der Waals surface area contributed by atoms with Crippen molar-refractivity contribution < 1.29 is 9.53 Å². The fourth-order valence-electron chi connectivity index (χ4n) is 3.91. The van der Waals surface area contributed by atoms with E-state index in [9.17, 15) is 10.1 Å². The maximum atomic E-state index is 12.3. The Kier molecular flexibility index (Phi) is 5.54. The van der Waals surface area contributed by atoms with Gasteiger partial charge in [0.2, 0.25) is 0 Å². The quantitative estimate of drug-likeness (QED) is 0.633. The summed E-state index contributed by atoms with van der Waals surface area (Å²) in [5, 5.41) is 16.9. The summed E-state index contributed by atoms with van der Waals surface area (Å²) in [7, 11) is 0. The van der Waals surface area contributed by atoms with Gasteiger partial charge in [-0.2, -0.15) is 5.26 Å². The van der Waals surface area contributed by atoms with Crippen LogP contribution in [0.2, 0.25) is 0 Å². The molecule has 1 saturated heterocycles. The van der Waals surface area contributed by atoms with Gasteiger partial charge >= 0.3 is 6.09 Å². The molecule has 4 rings (SSSR count). The Morgan fingerprint density at radius 3 is 3.07 bits per heavy atom. The fourth-order valence-corrected chi connectivity index (χ4v) is 4.84. The second-order valence-electron chi connectivity index (χ2n) is 7.60. The van der Waals surface area contributed by atoms with Crippen LogP contribution in [-0.2, 0) is 4.74 Å². The number of carbonyl (C=O) groups is 1. The number of amides is 1. The Balaban J connectivity index is 1.50. The second-order valence-corrected chi connectivity index (χ2v) is 8.52. The van der Waals surface area contributed by atoms with E-state index in [1.165, 1.54) is 4.70 Å². The van der Waals surface area contributed by atoms with E-state index in [1.54, 1.807) is 11.3 Å². The van der Waals surface area contributed by atoms with Crippen LogP contribution in [0.5, 0.6) is 0 Å². The van der Waals surface area contributed by atoms with Crippen molar-refractivity contribution in [3.05, 3.63) is 35.2 Å². The first kappa shape index (κ1) is 19.5. The lowest BCUT2D eigenvalue weighted by atomic mass is 10.1. The minimum atomic E-state index is -0.212. The van der Waals surface area contributed by atoms with Gasteiger partial charge in [0.25, 0.3) is 0 Å². The minimum Gasteiger partial charge on any atom is -0.447 e. The molecule has 0 bridgehead atoms. The number of benzene rings is 1. The lowest BCUT2D eigenvalue weighted by Crippen LogP contribution is -2.38. The van der Waals surface area contributed by atoms with Crippen molar-refractivity contribution in [3.63, 3.8) is 0 Å². The standard InChI is InChI=1S/C22H24N4O2S/c1-14(2)28-22(27)26-10-3-4-16(26)7-9-24-21-18-8-11-29-20(18)17-6-5-15(13-23)12-19(17)25-21/h5-6,8,11-12,14,16H,3-4,7,9-10H2,1-2H3,(H,24,25). The van der Waals surface area contributed by atoms with Crippen molar-refractivity contribution in [2.24, 2.45) is 0 Å². The molecule has 1 fully saturated rings. The van der Waals surface area contributed by atoms with Crippen LogP contribution in [-0.4, -0.2) is 41.2 Å². The highest BCUT2D eigenvalue weighted by atomic mass is 32.1. The molecule has 1 aliphatic rings. The van der Waals surface area contributed by atoms with E-state index in [0.717, 1.165) is 54.5 Å². The number of nitrogens with one attached hydrogen (secondary N) is 1. The number of nitriles is 1. The van der Waals surface area contributed by atoms with Gasteiger partial charge in [-0.25, -0.2) is 9.78 Å². The number of rotatable bonds is 5. The number of carbonyl (C=O) groups excluding carboxylic acids is 1. The van der Waals surface area contributed by atoms with Gasteiger partial charge in [-0.05, 0) is 56.7 Å². The predicted molar refractivity (Wildman–Crippen MR) is 116 cm³/mol. The van der Waals surface area contributed by atoms with Crippen molar-refractivity contribution in [3.8, 4) is 6.07 Å². The number of anilines is 1. The Bertz CT molecular complexity index is 1090. The number of pyridine rings is 1. The van der Waals surface area contributed by atoms with Crippen LogP contribution >= 0.6 is 11.3 Å². The van der Waals surface area contributed by atoms with Crippen molar-refractivity contribution in [2.75, 3.05) is 18.4 Å². The van der Waals surface area contributed by atoms with Gasteiger partial charge in [0.15, 0.2) is 0 Å². The molecule has 7 heteroatoms. The third-order valence-electron chi connectivity index (χ3n) is 5.24. The van der Waals surface area contributed by atoms with Crippen LogP contribution in [0.3, 0.4) is 0 Å². The van der Waals surface area contributed by atoms with Crippen molar-refractivity contribution in [2.45, 2.75) is 45.3 Å². The third-order valence-corrected chi connectivity index (χ3v) is 6.19. The molecule has 2 aromatic heterocycles. The van der Waals surface area contributed by atoms with Crippen LogP contribution in [0, 0.1) is 11.3 Å². The molecular weight excluding hydrogens is 384 g/mol. The molecule has 6 nitrogen and oxygen atoms in total. The lowest BCUT2D eigenvalue weighted by Gasteiger charge is -2.25. The SMILES string of the molecule is CC(C)OC(=O)N1CCCC1CCNc1nc2cc(C#N)ccc2c2sccc12. The van der Waals surface area contributed by atoms with Crippen molar-refractivity contribution >= 4 is 44.2 Å². The summed E-state index contributed by atoms with van der Waals surface area (Å²) in [4.78, 5) is 18.9. The first-order chi connectivity index (χ1) is 14.1. The number of aromatic nitrogens is 1. The van der Waals surface area contributed by atoms with Gasteiger partial charge < -0.3 is 15.0 Å². The summed E-state index contributed by atoms with van der Waals surface area (Å²) in [6.45, 7) is 5.23. The predicted octanol–water partition coefficient (Wildman–Crippen LogP) is 5.13. The molecular formula is C22H24N4O2S. The van der Waals surface area contributed by atoms with Crippen LogP contribution in [0.25, 0.3) is 21.0 Å². The van der Waals surface area contributed by atoms with E-state index in [4.69, 9.17) is 9.72 Å². The molecule has 1 unspecified atom stereocenters. The van der Waals surface area contributed by atoms with Crippen molar-refractivity contribution in [1.29, 1.82) is 5.26 Å². The highest BCUT2D eigenvalue weighted by molar-refractivity contribution is 7.18. The van der Waals surface area contributed by atoms with E-state index in [2.05, 4.69) is 22.8 Å². The van der Waals surface area contributed by atoms with E-state index in [0.29, 0.717) is 5.56 Å². The minimum absolute atomic E-state index is 0.103. The first-order valence-corrected chi connectivity index (χ1v) is 10.9. The maximum Gasteiger partial charge on any atom is 0.410 e. The maximum absolute atomic E-state index is 12.3. The summed E-state index contributed by atoms with van der Waals surface area (Å²) in [6.07, 6.45) is 2.54. The lowest BCUT2D eigenvalue weighted by molar-refractivity contribution is 0.0726.